The fourth-order valence-electron chi connectivity index (χ4n) is 3.75. The van der Waals surface area contributed by atoms with E-state index >= 15 is 0 Å². The summed E-state index contributed by atoms with van der Waals surface area (Å²) in [6.07, 6.45) is -4.47. The van der Waals surface area contributed by atoms with E-state index in [4.69, 9.17) is 9.72 Å². The van der Waals surface area contributed by atoms with Crippen LogP contribution < -0.4 is 4.74 Å². The van der Waals surface area contributed by atoms with Crippen LogP contribution in [0.1, 0.15) is 27.9 Å². The number of hydrogen-bond acceptors (Lipinski definition) is 6. The Bertz CT molecular complexity index is 1550. The summed E-state index contributed by atoms with van der Waals surface area (Å²) in [5.74, 6) is 0.932. The van der Waals surface area contributed by atoms with Gasteiger partial charge in [-0.05, 0) is 56.2 Å². The molecule has 0 fully saturated rings. The van der Waals surface area contributed by atoms with Gasteiger partial charge in [-0.3, -0.25) is 0 Å². The van der Waals surface area contributed by atoms with Crippen LogP contribution in [0.15, 0.2) is 59.8 Å². The van der Waals surface area contributed by atoms with Crippen LogP contribution in [0.3, 0.4) is 0 Å². The molecule has 0 aliphatic rings. The molecule has 0 atom stereocenters. The second kappa shape index (κ2) is 9.13. The Hall–Kier alpha value is -3.17. The van der Waals surface area contributed by atoms with Crippen LogP contribution in [0.4, 0.5) is 13.2 Å². The first-order valence-electron chi connectivity index (χ1n) is 10.8. The predicted molar refractivity (Wildman–Crippen MR) is 134 cm³/mol. The molecule has 0 bridgehead atoms. The molecule has 35 heavy (non-hydrogen) atoms. The van der Waals surface area contributed by atoms with E-state index in [1.807, 2.05) is 39.0 Å². The summed E-state index contributed by atoms with van der Waals surface area (Å²) in [5, 5.41) is 1.39. The molecule has 5 rings (SSSR count). The zero-order chi connectivity index (χ0) is 24.7. The highest BCUT2D eigenvalue weighted by Crippen LogP contribution is 2.41. The smallest absolute Gasteiger partial charge is 0.416 e. The maximum atomic E-state index is 13.2. The first-order valence-corrected chi connectivity index (χ1v) is 12.6. The lowest BCUT2D eigenvalue weighted by Crippen LogP contribution is -2.04. The third-order valence-electron chi connectivity index (χ3n) is 5.43. The molecule has 5 aromatic rings. The molecule has 0 saturated carbocycles. The molecule has 2 aromatic carbocycles. The van der Waals surface area contributed by atoms with Gasteiger partial charge < -0.3 is 4.74 Å². The maximum absolute atomic E-state index is 13.2. The summed E-state index contributed by atoms with van der Waals surface area (Å²) >= 11 is 2.83. The molecule has 178 valence electrons. The van der Waals surface area contributed by atoms with Gasteiger partial charge in [-0.1, -0.05) is 47.7 Å². The molecule has 0 saturated heterocycles. The Morgan fingerprint density at radius 1 is 0.943 bits per heavy atom. The van der Waals surface area contributed by atoms with Gasteiger partial charge in [-0.15, -0.1) is 11.3 Å². The molecule has 4 nitrogen and oxygen atoms in total. The van der Waals surface area contributed by atoms with Crippen LogP contribution in [0.5, 0.6) is 11.6 Å². The molecular formula is C26H20F3N3OS2. The van der Waals surface area contributed by atoms with Crippen molar-refractivity contribution in [2.75, 3.05) is 0 Å². The van der Waals surface area contributed by atoms with Crippen molar-refractivity contribution in [1.29, 1.82) is 0 Å². The SMILES string of the molecule is Cc1ccc(CSc2nc(Oc3cccc(C(F)(F)F)c3)c3sc4nc(C)cc(C)c4c3n2)cc1. The van der Waals surface area contributed by atoms with Gasteiger partial charge in [0.1, 0.15) is 15.3 Å². The zero-order valence-corrected chi connectivity index (χ0v) is 20.7. The van der Waals surface area contributed by atoms with E-state index in [1.165, 1.54) is 40.8 Å². The Morgan fingerprint density at radius 3 is 2.46 bits per heavy atom. The first kappa shape index (κ1) is 23.6. The van der Waals surface area contributed by atoms with Gasteiger partial charge in [0.05, 0.1) is 11.1 Å². The van der Waals surface area contributed by atoms with Crippen molar-refractivity contribution in [2.45, 2.75) is 37.9 Å². The summed E-state index contributed by atoms with van der Waals surface area (Å²) in [6.45, 7) is 5.95. The molecule has 0 spiro atoms. The van der Waals surface area contributed by atoms with Crippen molar-refractivity contribution in [1.82, 2.24) is 15.0 Å². The van der Waals surface area contributed by atoms with Crippen molar-refractivity contribution in [3.63, 3.8) is 0 Å². The van der Waals surface area contributed by atoms with Gasteiger partial charge in [0, 0.05) is 16.8 Å². The van der Waals surface area contributed by atoms with Crippen LogP contribution in [0, 0.1) is 20.8 Å². The number of alkyl halides is 3. The average molecular weight is 512 g/mol. The first-order chi connectivity index (χ1) is 16.7. The number of aryl methyl sites for hydroxylation is 3. The van der Waals surface area contributed by atoms with E-state index < -0.39 is 11.7 Å². The molecule has 0 N–H and O–H groups in total. The van der Waals surface area contributed by atoms with Gasteiger partial charge in [-0.2, -0.15) is 18.2 Å². The van der Waals surface area contributed by atoms with E-state index in [2.05, 4.69) is 22.1 Å². The number of ether oxygens (including phenoxy) is 1. The minimum atomic E-state index is -4.47. The van der Waals surface area contributed by atoms with E-state index in [0.717, 1.165) is 39.2 Å². The summed E-state index contributed by atoms with van der Waals surface area (Å²) in [5.41, 5.74) is 4.11. The summed E-state index contributed by atoms with van der Waals surface area (Å²) in [6, 6.07) is 15.0. The molecule has 3 heterocycles. The number of hydrogen-bond donors (Lipinski definition) is 0. The summed E-state index contributed by atoms with van der Waals surface area (Å²) < 4.78 is 46.3. The van der Waals surface area contributed by atoms with E-state index in [0.29, 0.717) is 21.1 Å². The minimum absolute atomic E-state index is 0.0626. The zero-order valence-electron chi connectivity index (χ0n) is 19.1. The van der Waals surface area contributed by atoms with E-state index in [9.17, 15) is 13.2 Å². The van der Waals surface area contributed by atoms with Gasteiger partial charge in [0.15, 0.2) is 5.16 Å². The highest BCUT2D eigenvalue weighted by atomic mass is 32.2. The van der Waals surface area contributed by atoms with Crippen molar-refractivity contribution in [3.8, 4) is 11.6 Å². The lowest BCUT2D eigenvalue weighted by molar-refractivity contribution is -0.137. The third kappa shape index (κ3) is 4.97. The number of halogens is 3. The van der Waals surface area contributed by atoms with Crippen LogP contribution in [-0.2, 0) is 11.9 Å². The maximum Gasteiger partial charge on any atom is 0.416 e. The Balaban J connectivity index is 1.60. The Morgan fingerprint density at radius 2 is 1.71 bits per heavy atom. The number of thioether (sulfide) groups is 1. The number of aromatic nitrogens is 3. The second-order valence-electron chi connectivity index (χ2n) is 8.25. The summed E-state index contributed by atoms with van der Waals surface area (Å²) in [4.78, 5) is 14.8. The minimum Gasteiger partial charge on any atom is -0.437 e. The lowest BCUT2D eigenvalue weighted by Gasteiger charge is -2.11. The van der Waals surface area contributed by atoms with Gasteiger partial charge in [-0.25, -0.2) is 9.97 Å². The molecule has 0 unspecified atom stereocenters. The highest BCUT2D eigenvalue weighted by molar-refractivity contribution is 7.98. The Labute approximate surface area is 208 Å². The molecular weight excluding hydrogens is 491 g/mol. The molecule has 0 amide bonds. The van der Waals surface area contributed by atoms with Crippen molar-refractivity contribution in [3.05, 3.63) is 82.5 Å². The van der Waals surface area contributed by atoms with Crippen LogP contribution >= 0.6 is 23.1 Å². The van der Waals surface area contributed by atoms with Crippen LogP contribution in [-0.4, -0.2) is 15.0 Å². The third-order valence-corrected chi connectivity index (χ3v) is 7.40. The number of benzene rings is 2. The van der Waals surface area contributed by atoms with Gasteiger partial charge in [0.2, 0.25) is 5.88 Å². The topological polar surface area (TPSA) is 47.9 Å². The highest BCUT2D eigenvalue weighted by Gasteiger charge is 2.31. The molecule has 9 heteroatoms. The van der Waals surface area contributed by atoms with E-state index in [-0.39, 0.29) is 11.6 Å². The fraction of sp³-hybridized carbons (Fsp3) is 0.192. The van der Waals surface area contributed by atoms with Crippen molar-refractivity contribution < 1.29 is 17.9 Å². The van der Waals surface area contributed by atoms with Crippen molar-refractivity contribution in [2.24, 2.45) is 0 Å². The lowest BCUT2D eigenvalue weighted by atomic mass is 10.1. The molecule has 0 radical (unpaired) electrons. The number of pyridine rings is 1. The number of fused-ring (bicyclic) bond motifs is 3. The number of thiophene rings is 1. The average Bonchev–Trinajstić information content (AvgIpc) is 3.17. The standard InChI is InChI=1S/C26H20F3N3OS2/c1-14-7-9-17(10-8-14)13-34-25-31-21-20-15(2)11-16(3)30-24(20)35-22(21)23(32-25)33-19-6-4-5-18(12-19)26(27,28)29/h4-12H,13H2,1-3H3. The quantitative estimate of drug-likeness (QED) is 0.176. The second-order valence-corrected chi connectivity index (χ2v) is 10.2. The largest absolute Gasteiger partial charge is 0.437 e. The van der Waals surface area contributed by atoms with E-state index in [1.54, 1.807) is 0 Å². The normalized spacial score (nSPS) is 11.9. The predicted octanol–water partition coefficient (Wildman–Crippen LogP) is 8.27. The van der Waals surface area contributed by atoms with Crippen LogP contribution in [0.25, 0.3) is 20.4 Å². The van der Waals surface area contributed by atoms with Crippen molar-refractivity contribution >= 4 is 43.5 Å². The van der Waals surface area contributed by atoms with Crippen LogP contribution in [0.2, 0.25) is 0 Å². The monoisotopic (exact) mass is 511 g/mol. The van der Waals surface area contributed by atoms with Gasteiger partial charge in [0.25, 0.3) is 0 Å². The molecule has 3 aromatic heterocycles. The van der Waals surface area contributed by atoms with Gasteiger partial charge >= 0.3 is 6.18 Å². The summed E-state index contributed by atoms with van der Waals surface area (Å²) in [7, 11) is 0. The Kier molecular flexibility index (Phi) is 6.14. The molecule has 0 aliphatic heterocycles. The number of nitrogens with zero attached hydrogens (tertiary/aromatic N) is 3. The molecule has 0 aliphatic carbocycles. The fourth-order valence-corrected chi connectivity index (χ4v) is 5.70. The number of rotatable bonds is 5.